The molecular formula is C15H28N2O3. The Morgan fingerprint density at radius 2 is 1.95 bits per heavy atom. The molecule has 5 nitrogen and oxygen atoms in total. The molecule has 0 aromatic carbocycles. The Kier molecular flexibility index (Phi) is 6.99. The van der Waals surface area contributed by atoms with E-state index in [4.69, 9.17) is 4.74 Å². The van der Waals surface area contributed by atoms with Crippen molar-refractivity contribution in [1.29, 1.82) is 0 Å². The lowest BCUT2D eigenvalue weighted by atomic mass is 10.0. The molecule has 1 saturated heterocycles. The zero-order valence-electron chi connectivity index (χ0n) is 13.1. The highest BCUT2D eigenvalue weighted by Crippen LogP contribution is 2.11. The Bertz CT molecular complexity index is 329. The van der Waals surface area contributed by atoms with Crippen LogP contribution in [0, 0.1) is 11.8 Å². The molecular weight excluding hydrogens is 256 g/mol. The van der Waals surface area contributed by atoms with Crippen molar-refractivity contribution in [3.8, 4) is 0 Å². The van der Waals surface area contributed by atoms with Gasteiger partial charge in [0.25, 0.3) is 0 Å². The van der Waals surface area contributed by atoms with E-state index in [9.17, 15) is 9.59 Å². The highest BCUT2D eigenvalue weighted by Gasteiger charge is 2.31. The summed E-state index contributed by atoms with van der Waals surface area (Å²) in [6.45, 7) is 10.5. The Morgan fingerprint density at radius 1 is 1.25 bits per heavy atom. The van der Waals surface area contributed by atoms with Gasteiger partial charge in [0, 0.05) is 26.1 Å². The van der Waals surface area contributed by atoms with Gasteiger partial charge in [0.2, 0.25) is 11.8 Å². The van der Waals surface area contributed by atoms with Crippen LogP contribution in [0.3, 0.4) is 0 Å². The molecule has 1 rings (SSSR count). The average Bonchev–Trinajstić information content (AvgIpc) is 2.50. The zero-order valence-corrected chi connectivity index (χ0v) is 13.1. The fourth-order valence-electron chi connectivity index (χ4n) is 2.12. The first-order valence-corrected chi connectivity index (χ1v) is 7.57. The summed E-state index contributed by atoms with van der Waals surface area (Å²) in [5, 5.41) is 2.80. The van der Waals surface area contributed by atoms with Crippen LogP contribution < -0.4 is 5.32 Å². The molecule has 1 fully saturated rings. The first-order valence-electron chi connectivity index (χ1n) is 7.57. The van der Waals surface area contributed by atoms with E-state index in [2.05, 4.69) is 19.2 Å². The molecule has 1 atom stereocenters. The van der Waals surface area contributed by atoms with Crippen LogP contribution in [-0.4, -0.2) is 49.1 Å². The van der Waals surface area contributed by atoms with Crippen molar-refractivity contribution >= 4 is 11.8 Å². The second-order valence-corrected chi connectivity index (χ2v) is 6.16. The molecule has 0 bridgehead atoms. The minimum atomic E-state index is -0.402. The van der Waals surface area contributed by atoms with E-state index >= 15 is 0 Å². The normalized spacial score (nSPS) is 20.5. The van der Waals surface area contributed by atoms with Crippen molar-refractivity contribution in [2.75, 3.05) is 26.3 Å². The summed E-state index contributed by atoms with van der Waals surface area (Å²) in [5.41, 5.74) is 0. The molecule has 0 aromatic heterocycles. The zero-order chi connectivity index (χ0) is 15.1. The van der Waals surface area contributed by atoms with Gasteiger partial charge in [0.1, 0.15) is 6.04 Å². The van der Waals surface area contributed by atoms with E-state index in [1.807, 2.05) is 13.8 Å². The maximum absolute atomic E-state index is 12.4. The molecule has 0 aromatic rings. The molecule has 5 heteroatoms. The average molecular weight is 284 g/mol. The summed E-state index contributed by atoms with van der Waals surface area (Å²) < 4.78 is 5.56. The summed E-state index contributed by atoms with van der Waals surface area (Å²) in [6.07, 6.45) is 1.41. The third-order valence-electron chi connectivity index (χ3n) is 3.51. The van der Waals surface area contributed by atoms with Gasteiger partial charge in [-0.2, -0.15) is 0 Å². The van der Waals surface area contributed by atoms with Crippen LogP contribution in [0.25, 0.3) is 0 Å². The van der Waals surface area contributed by atoms with Crippen molar-refractivity contribution in [2.24, 2.45) is 11.8 Å². The van der Waals surface area contributed by atoms with Crippen molar-refractivity contribution < 1.29 is 14.3 Å². The van der Waals surface area contributed by atoms with Gasteiger partial charge in [-0.1, -0.05) is 27.7 Å². The number of carbonyl (C=O) groups is 2. The third-order valence-corrected chi connectivity index (χ3v) is 3.51. The SMILES string of the molecule is CC(C)CCOCCN1CCC(=O)NC(C(C)C)C1=O. The third kappa shape index (κ3) is 5.49. The van der Waals surface area contributed by atoms with Crippen LogP contribution in [0.1, 0.15) is 40.5 Å². The van der Waals surface area contributed by atoms with Crippen molar-refractivity contribution in [3.05, 3.63) is 0 Å². The van der Waals surface area contributed by atoms with Crippen molar-refractivity contribution in [3.63, 3.8) is 0 Å². The molecule has 0 radical (unpaired) electrons. The second kappa shape index (κ2) is 8.25. The Morgan fingerprint density at radius 3 is 2.55 bits per heavy atom. The fourth-order valence-corrected chi connectivity index (χ4v) is 2.12. The lowest BCUT2D eigenvalue weighted by Gasteiger charge is -2.26. The molecule has 1 N–H and O–H groups in total. The molecule has 116 valence electrons. The number of rotatable bonds is 7. The molecule has 1 unspecified atom stereocenters. The minimum absolute atomic E-state index is 0.0123. The second-order valence-electron chi connectivity index (χ2n) is 6.16. The largest absolute Gasteiger partial charge is 0.380 e. The number of nitrogens with zero attached hydrogens (tertiary/aromatic N) is 1. The Hall–Kier alpha value is -1.10. The quantitative estimate of drug-likeness (QED) is 0.719. The smallest absolute Gasteiger partial charge is 0.245 e. The van der Waals surface area contributed by atoms with Crippen LogP contribution in [-0.2, 0) is 14.3 Å². The van der Waals surface area contributed by atoms with Gasteiger partial charge < -0.3 is 15.0 Å². The lowest BCUT2D eigenvalue weighted by molar-refractivity contribution is -0.135. The molecule has 0 spiro atoms. The fraction of sp³-hybridized carbons (Fsp3) is 0.867. The van der Waals surface area contributed by atoms with E-state index in [-0.39, 0.29) is 17.7 Å². The molecule has 1 aliphatic heterocycles. The van der Waals surface area contributed by atoms with E-state index < -0.39 is 6.04 Å². The van der Waals surface area contributed by atoms with Crippen LogP contribution in [0.2, 0.25) is 0 Å². The Labute approximate surface area is 122 Å². The standard InChI is InChI=1S/C15H28N2O3/c1-11(2)6-9-20-10-8-17-7-5-13(18)16-14(12(3)4)15(17)19/h11-12,14H,5-10H2,1-4H3,(H,16,18). The van der Waals surface area contributed by atoms with E-state index in [1.54, 1.807) is 4.90 Å². The number of ether oxygens (including phenoxy) is 1. The summed E-state index contributed by atoms with van der Waals surface area (Å²) in [6, 6.07) is -0.402. The number of carbonyl (C=O) groups excluding carboxylic acids is 2. The summed E-state index contributed by atoms with van der Waals surface area (Å²) in [5.74, 6) is 0.703. The topological polar surface area (TPSA) is 58.6 Å². The number of amides is 2. The molecule has 20 heavy (non-hydrogen) atoms. The highest BCUT2D eigenvalue weighted by molar-refractivity contribution is 5.90. The number of nitrogens with one attached hydrogen (secondary N) is 1. The first kappa shape index (κ1) is 17.0. The Balaban J connectivity index is 2.43. The molecule has 0 aliphatic carbocycles. The summed E-state index contributed by atoms with van der Waals surface area (Å²) >= 11 is 0. The van der Waals surface area contributed by atoms with Crippen molar-refractivity contribution in [1.82, 2.24) is 10.2 Å². The maximum Gasteiger partial charge on any atom is 0.245 e. The van der Waals surface area contributed by atoms with Crippen LogP contribution in [0.5, 0.6) is 0 Å². The molecule has 0 saturated carbocycles. The van der Waals surface area contributed by atoms with Crippen LogP contribution >= 0.6 is 0 Å². The lowest BCUT2D eigenvalue weighted by Crippen LogP contribution is -2.48. The van der Waals surface area contributed by atoms with Crippen molar-refractivity contribution in [2.45, 2.75) is 46.6 Å². The van der Waals surface area contributed by atoms with Crippen LogP contribution in [0.4, 0.5) is 0 Å². The van der Waals surface area contributed by atoms with E-state index in [0.717, 1.165) is 13.0 Å². The van der Waals surface area contributed by atoms with Gasteiger partial charge in [-0.05, 0) is 18.3 Å². The minimum Gasteiger partial charge on any atom is -0.380 e. The number of hydrogen-bond donors (Lipinski definition) is 1. The predicted octanol–water partition coefficient (Wildman–Crippen LogP) is 1.42. The predicted molar refractivity (Wildman–Crippen MR) is 78.2 cm³/mol. The first-order chi connectivity index (χ1) is 9.41. The summed E-state index contributed by atoms with van der Waals surface area (Å²) in [4.78, 5) is 25.7. The van der Waals surface area contributed by atoms with Gasteiger partial charge in [0.05, 0.1) is 6.61 Å². The van der Waals surface area contributed by atoms with Gasteiger partial charge in [-0.3, -0.25) is 9.59 Å². The van der Waals surface area contributed by atoms with Gasteiger partial charge in [0.15, 0.2) is 0 Å². The summed E-state index contributed by atoms with van der Waals surface area (Å²) in [7, 11) is 0. The monoisotopic (exact) mass is 284 g/mol. The van der Waals surface area contributed by atoms with Gasteiger partial charge in [-0.15, -0.1) is 0 Å². The van der Waals surface area contributed by atoms with E-state index in [1.165, 1.54) is 0 Å². The van der Waals surface area contributed by atoms with Gasteiger partial charge >= 0.3 is 0 Å². The molecule has 1 aliphatic rings. The van der Waals surface area contributed by atoms with Crippen LogP contribution in [0.15, 0.2) is 0 Å². The maximum atomic E-state index is 12.4. The molecule has 1 heterocycles. The highest BCUT2D eigenvalue weighted by atomic mass is 16.5. The number of hydrogen-bond acceptors (Lipinski definition) is 3. The van der Waals surface area contributed by atoms with E-state index in [0.29, 0.717) is 32.0 Å². The molecule has 2 amide bonds. The van der Waals surface area contributed by atoms with Gasteiger partial charge in [-0.25, -0.2) is 0 Å².